The van der Waals surface area contributed by atoms with Crippen LogP contribution < -0.4 is 0 Å². The van der Waals surface area contributed by atoms with Crippen molar-refractivity contribution in [1.29, 1.82) is 0 Å². The van der Waals surface area contributed by atoms with Crippen LogP contribution in [0.5, 0.6) is 0 Å². The van der Waals surface area contributed by atoms with Gasteiger partial charge in [-0.15, -0.1) is 0 Å². The minimum Gasteiger partial charge on any atom is -0.478 e. The van der Waals surface area contributed by atoms with E-state index in [-0.39, 0.29) is 5.56 Å². The summed E-state index contributed by atoms with van der Waals surface area (Å²) < 4.78 is 5.42. The first kappa shape index (κ1) is 15.8. The molecule has 0 aliphatic rings. The number of carboxylic acids is 1. The molecule has 0 spiro atoms. The average Bonchev–Trinajstić information content (AvgIpc) is 2.85. The van der Waals surface area contributed by atoms with Gasteiger partial charge in [-0.1, -0.05) is 17.7 Å². The molecule has 2 aromatic rings. The first-order valence-corrected chi connectivity index (χ1v) is 6.94. The Morgan fingerprint density at radius 1 is 1.14 bits per heavy atom. The van der Waals surface area contributed by atoms with E-state index in [1.807, 2.05) is 13.0 Å². The number of H-pyrrole nitrogens is 1. The van der Waals surface area contributed by atoms with E-state index in [0.29, 0.717) is 16.8 Å². The predicted octanol–water partition coefficient (Wildman–Crippen LogP) is 3.64. The number of nitrogens with one attached hydrogen (secondary N) is 1. The summed E-state index contributed by atoms with van der Waals surface area (Å²) in [5, 5.41) is 9.25. The van der Waals surface area contributed by atoms with E-state index < -0.39 is 17.5 Å². The van der Waals surface area contributed by atoms with Gasteiger partial charge in [0.15, 0.2) is 0 Å². The number of rotatable bonds is 3. The Kier molecular flexibility index (Phi) is 4.08. The Balaban J connectivity index is 2.55. The first-order valence-electron chi connectivity index (χ1n) is 6.94. The summed E-state index contributed by atoms with van der Waals surface area (Å²) in [6.07, 6.45) is 1.54. The Morgan fingerprint density at radius 3 is 2.41 bits per heavy atom. The van der Waals surface area contributed by atoms with Crippen LogP contribution >= 0.6 is 0 Å². The van der Waals surface area contributed by atoms with Crippen LogP contribution in [0.15, 0.2) is 30.5 Å². The number of carboxylic acid groups (broad SMARTS) is 1. The van der Waals surface area contributed by atoms with Gasteiger partial charge < -0.3 is 14.8 Å². The highest BCUT2D eigenvalue weighted by Crippen LogP contribution is 2.28. The summed E-state index contributed by atoms with van der Waals surface area (Å²) in [6.45, 7) is 7.23. The summed E-state index contributed by atoms with van der Waals surface area (Å²) in [5.41, 5.74) is 1.65. The molecule has 0 unspecified atom stereocenters. The number of benzene rings is 1. The zero-order valence-electron chi connectivity index (χ0n) is 13.1. The van der Waals surface area contributed by atoms with Crippen LogP contribution in [0, 0.1) is 6.92 Å². The molecule has 2 rings (SSSR count). The van der Waals surface area contributed by atoms with E-state index in [2.05, 4.69) is 4.98 Å². The third kappa shape index (κ3) is 3.36. The molecule has 0 amide bonds. The molecule has 22 heavy (non-hydrogen) atoms. The van der Waals surface area contributed by atoms with Crippen molar-refractivity contribution < 1.29 is 19.4 Å². The summed E-state index contributed by atoms with van der Waals surface area (Å²) in [4.78, 5) is 26.6. The molecule has 0 saturated heterocycles. The number of aromatic nitrogens is 1. The molecule has 1 aromatic carbocycles. The maximum absolute atomic E-state index is 12.4. The summed E-state index contributed by atoms with van der Waals surface area (Å²) in [6, 6.07) is 6.73. The van der Waals surface area contributed by atoms with Crippen molar-refractivity contribution >= 4 is 11.9 Å². The first-order chi connectivity index (χ1) is 10.2. The summed E-state index contributed by atoms with van der Waals surface area (Å²) in [5.74, 6) is -1.52. The van der Waals surface area contributed by atoms with E-state index >= 15 is 0 Å². The number of aromatic amines is 1. The van der Waals surface area contributed by atoms with Gasteiger partial charge in [-0.25, -0.2) is 9.59 Å². The van der Waals surface area contributed by atoms with E-state index in [9.17, 15) is 14.7 Å². The van der Waals surface area contributed by atoms with Gasteiger partial charge in [-0.05, 0) is 39.8 Å². The topological polar surface area (TPSA) is 79.4 Å². The fourth-order valence-electron chi connectivity index (χ4n) is 2.15. The maximum atomic E-state index is 12.4. The number of ether oxygens (including phenoxy) is 1. The minimum absolute atomic E-state index is 0.119. The number of hydrogen-bond donors (Lipinski definition) is 2. The molecule has 1 aromatic heterocycles. The quantitative estimate of drug-likeness (QED) is 0.848. The molecule has 2 N–H and O–H groups in total. The third-order valence-corrected chi connectivity index (χ3v) is 3.04. The van der Waals surface area contributed by atoms with Crippen molar-refractivity contribution in [2.45, 2.75) is 33.3 Å². The lowest BCUT2D eigenvalue weighted by Gasteiger charge is -2.20. The van der Waals surface area contributed by atoms with Crippen molar-refractivity contribution in [2.75, 3.05) is 0 Å². The highest BCUT2D eigenvalue weighted by Gasteiger charge is 2.23. The predicted molar refractivity (Wildman–Crippen MR) is 83.1 cm³/mol. The van der Waals surface area contributed by atoms with E-state index in [1.165, 1.54) is 12.3 Å². The number of aryl methyl sites for hydroxylation is 1. The van der Waals surface area contributed by atoms with Gasteiger partial charge in [0.25, 0.3) is 0 Å². The standard InChI is InChI=1S/C17H19NO4/c1-10-5-6-11(14-12(15(19)20)7-8-18-14)13(9-10)16(21)22-17(2,3)4/h5-9,18H,1-4H3,(H,19,20). The second kappa shape index (κ2) is 5.67. The van der Waals surface area contributed by atoms with Crippen LogP contribution in [0.1, 0.15) is 47.1 Å². The fourth-order valence-corrected chi connectivity index (χ4v) is 2.15. The Morgan fingerprint density at radius 2 is 1.82 bits per heavy atom. The van der Waals surface area contributed by atoms with Gasteiger partial charge in [0.2, 0.25) is 0 Å². The van der Waals surface area contributed by atoms with E-state index in [4.69, 9.17) is 4.74 Å². The van der Waals surface area contributed by atoms with Gasteiger partial charge in [-0.2, -0.15) is 0 Å². The minimum atomic E-state index is -1.05. The van der Waals surface area contributed by atoms with Gasteiger partial charge in [-0.3, -0.25) is 0 Å². The molecule has 0 bridgehead atoms. The molecule has 0 saturated carbocycles. The molecule has 0 radical (unpaired) electrons. The Hall–Kier alpha value is -2.56. The van der Waals surface area contributed by atoms with Crippen LogP contribution in [-0.4, -0.2) is 27.6 Å². The van der Waals surface area contributed by atoms with Gasteiger partial charge >= 0.3 is 11.9 Å². The van der Waals surface area contributed by atoms with Crippen LogP contribution in [0.25, 0.3) is 11.3 Å². The molecule has 5 heteroatoms. The molecule has 0 aliphatic carbocycles. The number of carbonyl (C=O) groups is 2. The van der Waals surface area contributed by atoms with Gasteiger partial charge in [0.1, 0.15) is 5.60 Å². The number of aromatic carboxylic acids is 1. The van der Waals surface area contributed by atoms with Gasteiger partial charge in [0, 0.05) is 11.8 Å². The second-order valence-electron chi connectivity index (χ2n) is 6.12. The number of hydrogen-bond acceptors (Lipinski definition) is 3. The van der Waals surface area contributed by atoms with Gasteiger partial charge in [0.05, 0.1) is 16.8 Å². The van der Waals surface area contributed by atoms with E-state index in [1.54, 1.807) is 32.9 Å². The lowest BCUT2D eigenvalue weighted by molar-refractivity contribution is 0.00700. The van der Waals surface area contributed by atoms with Crippen LogP contribution in [0.4, 0.5) is 0 Å². The molecule has 1 heterocycles. The third-order valence-electron chi connectivity index (χ3n) is 3.04. The largest absolute Gasteiger partial charge is 0.478 e. The second-order valence-corrected chi connectivity index (χ2v) is 6.12. The normalized spacial score (nSPS) is 11.3. The highest BCUT2D eigenvalue weighted by molar-refractivity contribution is 6.02. The molecule has 0 atom stereocenters. The smallest absolute Gasteiger partial charge is 0.339 e. The lowest BCUT2D eigenvalue weighted by Crippen LogP contribution is -2.24. The monoisotopic (exact) mass is 301 g/mol. The van der Waals surface area contributed by atoms with Crippen LogP contribution in [0.2, 0.25) is 0 Å². The molecule has 116 valence electrons. The van der Waals surface area contributed by atoms with Crippen LogP contribution in [0.3, 0.4) is 0 Å². The van der Waals surface area contributed by atoms with Crippen molar-refractivity contribution in [3.8, 4) is 11.3 Å². The molecular formula is C17H19NO4. The SMILES string of the molecule is Cc1ccc(-c2[nH]ccc2C(=O)O)c(C(=O)OC(C)(C)C)c1. The number of carbonyl (C=O) groups excluding carboxylic acids is 1. The van der Waals surface area contributed by atoms with Crippen LogP contribution in [-0.2, 0) is 4.74 Å². The van der Waals surface area contributed by atoms with E-state index in [0.717, 1.165) is 5.56 Å². The van der Waals surface area contributed by atoms with Crippen molar-refractivity contribution in [3.63, 3.8) is 0 Å². The maximum Gasteiger partial charge on any atom is 0.339 e. The van der Waals surface area contributed by atoms with Crippen molar-refractivity contribution in [2.24, 2.45) is 0 Å². The van der Waals surface area contributed by atoms with Crippen molar-refractivity contribution in [3.05, 3.63) is 47.2 Å². The highest BCUT2D eigenvalue weighted by atomic mass is 16.6. The lowest BCUT2D eigenvalue weighted by atomic mass is 9.99. The average molecular weight is 301 g/mol. The molecular weight excluding hydrogens is 282 g/mol. The van der Waals surface area contributed by atoms with Crippen molar-refractivity contribution in [1.82, 2.24) is 4.98 Å². The molecule has 0 aliphatic heterocycles. The zero-order valence-corrected chi connectivity index (χ0v) is 13.1. The fraction of sp³-hybridized carbons (Fsp3) is 0.294. The zero-order chi connectivity index (χ0) is 16.5. The molecule has 5 nitrogen and oxygen atoms in total. The Labute approximate surface area is 128 Å². The summed E-state index contributed by atoms with van der Waals surface area (Å²) in [7, 11) is 0. The Bertz CT molecular complexity index is 723. The number of esters is 1. The molecule has 0 fully saturated rings. The summed E-state index contributed by atoms with van der Waals surface area (Å²) >= 11 is 0.